The van der Waals surface area contributed by atoms with Crippen LogP contribution in [0.1, 0.15) is 18.9 Å². The molecule has 1 N–H and O–H groups in total. The van der Waals surface area contributed by atoms with Gasteiger partial charge in [-0.1, -0.05) is 41.4 Å². The molecule has 0 aliphatic carbocycles. The van der Waals surface area contributed by atoms with Crippen LogP contribution in [0.3, 0.4) is 0 Å². The third kappa shape index (κ3) is 4.50. The van der Waals surface area contributed by atoms with Gasteiger partial charge in [0.1, 0.15) is 0 Å². The highest BCUT2D eigenvalue weighted by Crippen LogP contribution is 2.18. The number of allylic oxidation sites excluding steroid dienone is 1. The minimum atomic E-state index is 0.860. The van der Waals surface area contributed by atoms with Crippen molar-refractivity contribution in [2.45, 2.75) is 19.8 Å². The van der Waals surface area contributed by atoms with E-state index in [9.17, 15) is 0 Å². The topological polar surface area (TPSA) is 12.0 Å². The molecule has 0 atom stereocenters. The second-order valence-electron chi connectivity index (χ2n) is 3.71. The molecule has 1 rings (SSSR count). The third-order valence-corrected chi connectivity index (χ3v) is 2.68. The summed E-state index contributed by atoms with van der Waals surface area (Å²) in [7, 11) is 1.97. The predicted molar refractivity (Wildman–Crippen MR) is 67.5 cm³/mol. The molecular weight excluding hydrogens is 206 g/mol. The molecule has 0 aliphatic heterocycles. The zero-order chi connectivity index (χ0) is 11.1. The van der Waals surface area contributed by atoms with E-state index in [1.807, 2.05) is 25.2 Å². The van der Waals surface area contributed by atoms with Crippen molar-refractivity contribution < 1.29 is 0 Å². The fourth-order valence-electron chi connectivity index (χ4n) is 1.48. The Labute approximate surface area is 97.1 Å². The van der Waals surface area contributed by atoms with Gasteiger partial charge in [-0.2, -0.15) is 0 Å². The highest BCUT2D eigenvalue weighted by molar-refractivity contribution is 6.31. The monoisotopic (exact) mass is 223 g/mol. The van der Waals surface area contributed by atoms with Gasteiger partial charge in [-0.25, -0.2) is 0 Å². The van der Waals surface area contributed by atoms with Gasteiger partial charge in [0.05, 0.1) is 0 Å². The van der Waals surface area contributed by atoms with E-state index < -0.39 is 0 Å². The van der Waals surface area contributed by atoms with Crippen LogP contribution in [0.2, 0.25) is 5.02 Å². The van der Waals surface area contributed by atoms with E-state index in [4.69, 9.17) is 11.6 Å². The van der Waals surface area contributed by atoms with Gasteiger partial charge in [-0.3, -0.25) is 0 Å². The summed E-state index contributed by atoms with van der Waals surface area (Å²) >= 11 is 6.09. The molecule has 0 aromatic heterocycles. The van der Waals surface area contributed by atoms with Gasteiger partial charge < -0.3 is 5.32 Å². The maximum absolute atomic E-state index is 6.09. The minimum Gasteiger partial charge on any atom is -0.319 e. The van der Waals surface area contributed by atoms with Gasteiger partial charge in [0.25, 0.3) is 0 Å². The standard InChI is InChI=1S/C13H18ClN/c1-11(6-5-9-15-2)10-12-7-3-4-8-13(12)14/h3-4,6-8,15H,5,9-10H2,1-2H3. The number of rotatable bonds is 5. The molecule has 1 aromatic rings. The van der Waals surface area contributed by atoms with Crippen molar-refractivity contribution in [2.24, 2.45) is 0 Å². The molecule has 0 saturated carbocycles. The number of nitrogens with one attached hydrogen (secondary N) is 1. The fraction of sp³-hybridized carbons (Fsp3) is 0.385. The van der Waals surface area contributed by atoms with Crippen molar-refractivity contribution in [1.29, 1.82) is 0 Å². The lowest BCUT2D eigenvalue weighted by Crippen LogP contribution is -2.06. The first kappa shape index (κ1) is 12.3. The first-order valence-electron chi connectivity index (χ1n) is 5.27. The molecule has 0 radical (unpaired) electrons. The quantitative estimate of drug-likeness (QED) is 0.596. The Hall–Kier alpha value is -0.790. The zero-order valence-electron chi connectivity index (χ0n) is 9.39. The number of halogens is 1. The lowest BCUT2D eigenvalue weighted by Gasteiger charge is -2.04. The Kier molecular flexibility index (Phi) is 5.44. The molecule has 0 fully saturated rings. The average molecular weight is 224 g/mol. The summed E-state index contributed by atoms with van der Waals surface area (Å²) in [5, 5.41) is 3.99. The van der Waals surface area contributed by atoms with Crippen LogP contribution >= 0.6 is 11.6 Å². The molecule has 15 heavy (non-hydrogen) atoms. The highest BCUT2D eigenvalue weighted by Gasteiger charge is 1.99. The molecule has 0 bridgehead atoms. The summed E-state index contributed by atoms with van der Waals surface area (Å²) in [6.45, 7) is 3.18. The molecular formula is C13H18ClN. The molecule has 1 nitrogen and oxygen atoms in total. The van der Waals surface area contributed by atoms with Crippen LogP contribution in [0.4, 0.5) is 0 Å². The van der Waals surface area contributed by atoms with E-state index in [0.717, 1.165) is 24.4 Å². The molecule has 2 heteroatoms. The van der Waals surface area contributed by atoms with Gasteiger partial charge in [0.15, 0.2) is 0 Å². The second kappa shape index (κ2) is 6.65. The van der Waals surface area contributed by atoms with E-state index in [2.05, 4.69) is 24.4 Å². The maximum atomic E-state index is 6.09. The maximum Gasteiger partial charge on any atom is 0.0441 e. The largest absolute Gasteiger partial charge is 0.319 e. The Morgan fingerprint density at radius 3 is 2.80 bits per heavy atom. The van der Waals surface area contributed by atoms with Gasteiger partial charge in [-0.05, 0) is 45.0 Å². The van der Waals surface area contributed by atoms with Gasteiger partial charge in [-0.15, -0.1) is 0 Å². The number of hydrogen-bond donors (Lipinski definition) is 1. The number of hydrogen-bond acceptors (Lipinski definition) is 1. The van der Waals surface area contributed by atoms with E-state index in [0.29, 0.717) is 0 Å². The zero-order valence-corrected chi connectivity index (χ0v) is 10.1. The molecule has 82 valence electrons. The molecule has 0 heterocycles. The summed E-state index contributed by atoms with van der Waals surface area (Å²) in [5.74, 6) is 0. The van der Waals surface area contributed by atoms with Gasteiger partial charge in [0.2, 0.25) is 0 Å². The molecule has 0 aliphatic rings. The predicted octanol–water partition coefficient (Wildman–Crippen LogP) is 3.44. The van der Waals surface area contributed by atoms with Crippen molar-refractivity contribution in [3.05, 3.63) is 46.5 Å². The third-order valence-electron chi connectivity index (χ3n) is 2.31. The first-order valence-corrected chi connectivity index (χ1v) is 5.65. The number of benzene rings is 1. The lowest BCUT2D eigenvalue weighted by atomic mass is 10.1. The molecule has 0 amide bonds. The van der Waals surface area contributed by atoms with Gasteiger partial charge >= 0.3 is 0 Å². The average Bonchev–Trinajstić information content (AvgIpc) is 2.22. The van der Waals surface area contributed by atoms with Crippen LogP contribution in [-0.4, -0.2) is 13.6 Å². The Balaban J connectivity index is 2.54. The Morgan fingerprint density at radius 1 is 1.40 bits per heavy atom. The van der Waals surface area contributed by atoms with E-state index in [1.54, 1.807) is 0 Å². The fourth-order valence-corrected chi connectivity index (χ4v) is 1.68. The molecule has 0 saturated heterocycles. The molecule has 1 aromatic carbocycles. The first-order chi connectivity index (χ1) is 7.24. The summed E-state index contributed by atoms with van der Waals surface area (Å²) in [6.07, 6.45) is 4.29. The SMILES string of the molecule is CNCCC=C(C)Cc1ccccc1Cl. The Bertz CT molecular complexity index is 331. The van der Waals surface area contributed by atoms with Crippen LogP contribution in [0.25, 0.3) is 0 Å². The lowest BCUT2D eigenvalue weighted by molar-refractivity contribution is 0.803. The molecule has 0 unspecified atom stereocenters. The summed E-state index contributed by atoms with van der Waals surface area (Å²) < 4.78 is 0. The smallest absolute Gasteiger partial charge is 0.0441 e. The summed E-state index contributed by atoms with van der Waals surface area (Å²) in [6, 6.07) is 8.02. The van der Waals surface area contributed by atoms with E-state index in [-0.39, 0.29) is 0 Å². The van der Waals surface area contributed by atoms with Crippen LogP contribution in [0.5, 0.6) is 0 Å². The van der Waals surface area contributed by atoms with E-state index >= 15 is 0 Å². The van der Waals surface area contributed by atoms with E-state index in [1.165, 1.54) is 11.1 Å². The van der Waals surface area contributed by atoms with Crippen LogP contribution in [-0.2, 0) is 6.42 Å². The van der Waals surface area contributed by atoms with Crippen molar-refractivity contribution in [3.63, 3.8) is 0 Å². The summed E-state index contributed by atoms with van der Waals surface area (Å²) in [5.41, 5.74) is 2.58. The van der Waals surface area contributed by atoms with Crippen molar-refractivity contribution in [2.75, 3.05) is 13.6 Å². The van der Waals surface area contributed by atoms with Crippen molar-refractivity contribution in [3.8, 4) is 0 Å². The van der Waals surface area contributed by atoms with Crippen molar-refractivity contribution >= 4 is 11.6 Å². The normalized spacial score (nSPS) is 11.8. The van der Waals surface area contributed by atoms with Crippen molar-refractivity contribution in [1.82, 2.24) is 5.32 Å². The van der Waals surface area contributed by atoms with Crippen LogP contribution < -0.4 is 5.32 Å². The highest BCUT2D eigenvalue weighted by atomic mass is 35.5. The molecule has 0 spiro atoms. The Morgan fingerprint density at radius 2 is 2.13 bits per heavy atom. The van der Waals surface area contributed by atoms with Crippen LogP contribution in [0.15, 0.2) is 35.9 Å². The second-order valence-corrected chi connectivity index (χ2v) is 4.12. The summed E-state index contributed by atoms with van der Waals surface area (Å²) in [4.78, 5) is 0. The van der Waals surface area contributed by atoms with Gasteiger partial charge in [0, 0.05) is 5.02 Å². The van der Waals surface area contributed by atoms with Crippen LogP contribution in [0, 0.1) is 0 Å². The minimum absolute atomic E-state index is 0.860.